The summed E-state index contributed by atoms with van der Waals surface area (Å²) in [6.45, 7) is 10.5. The molecule has 3 N–H and O–H groups in total. The third kappa shape index (κ3) is 9.96. The zero-order chi connectivity index (χ0) is 31.5. The van der Waals surface area contributed by atoms with Crippen molar-refractivity contribution < 1.29 is 29.0 Å². The van der Waals surface area contributed by atoms with Crippen molar-refractivity contribution in [2.24, 2.45) is 5.92 Å². The molecule has 3 rings (SSSR count). The molecule has 2 aromatic rings. The van der Waals surface area contributed by atoms with Crippen LogP contribution in [0.1, 0.15) is 74.6 Å². The molecule has 10 heteroatoms. The van der Waals surface area contributed by atoms with Gasteiger partial charge in [0.2, 0.25) is 0 Å². The average molecular weight is 597 g/mol. The molecule has 0 bridgehead atoms. The summed E-state index contributed by atoms with van der Waals surface area (Å²) < 4.78 is 12.6. The lowest BCUT2D eigenvalue weighted by Crippen LogP contribution is -2.49. The fourth-order valence-corrected chi connectivity index (χ4v) is 4.97. The molecular formula is C33H48N4O6. The second-order valence-electron chi connectivity index (χ2n) is 11.8. The number of carbonyl (C=O) groups excluding carboxylic acids is 3. The van der Waals surface area contributed by atoms with Gasteiger partial charge in [-0.15, -0.1) is 0 Å². The van der Waals surface area contributed by atoms with Crippen LogP contribution in [-0.2, 0) is 4.74 Å². The lowest BCUT2D eigenvalue weighted by atomic mass is 10.0. The van der Waals surface area contributed by atoms with E-state index in [1.165, 1.54) is 0 Å². The Morgan fingerprint density at radius 1 is 1.09 bits per heavy atom. The minimum absolute atomic E-state index is 0.00227. The molecule has 0 saturated heterocycles. The maximum atomic E-state index is 14.2. The van der Waals surface area contributed by atoms with Crippen molar-refractivity contribution in [1.29, 1.82) is 0 Å². The van der Waals surface area contributed by atoms with Gasteiger partial charge in [-0.1, -0.05) is 25.1 Å². The molecule has 43 heavy (non-hydrogen) atoms. The molecule has 10 nitrogen and oxygen atoms in total. The first-order chi connectivity index (χ1) is 20.5. The van der Waals surface area contributed by atoms with Crippen molar-refractivity contribution in [2.45, 2.75) is 78.2 Å². The number of aliphatic hydroxyl groups is 1. The number of urea groups is 1. The van der Waals surface area contributed by atoms with E-state index in [0.717, 1.165) is 19.3 Å². The number of aliphatic hydroxyl groups excluding tert-OH is 1. The molecule has 0 saturated carbocycles. The molecule has 0 aromatic heterocycles. The zero-order valence-electron chi connectivity index (χ0n) is 26.3. The lowest BCUT2D eigenvalue weighted by molar-refractivity contribution is -0.0122. The fourth-order valence-electron chi connectivity index (χ4n) is 4.97. The lowest BCUT2D eigenvalue weighted by Gasteiger charge is -2.36. The van der Waals surface area contributed by atoms with Gasteiger partial charge in [-0.3, -0.25) is 9.59 Å². The third-order valence-electron chi connectivity index (χ3n) is 7.56. The minimum atomic E-state index is -0.502. The summed E-state index contributed by atoms with van der Waals surface area (Å²) >= 11 is 0. The summed E-state index contributed by atoms with van der Waals surface area (Å²) in [6, 6.07) is 13.3. The van der Waals surface area contributed by atoms with Gasteiger partial charge in [0.15, 0.2) is 0 Å². The summed E-state index contributed by atoms with van der Waals surface area (Å²) in [5.74, 6) is -0.358. The van der Waals surface area contributed by atoms with Gasteiger partial charge in [0.1, 0.15) is 5.75 Å². The number of likely N-dealkylation sites (N-methyl/N-ethyl adjacent to an activating group) is 1. The van der Waals surface area contributed by atoms with Gasteiger partial charge in [-0.2, -0.15) is 0 Å². The monoisotopic (exact) mass is 596 g/mol. The summed E-state index contributed by atoms with van der Waals surface area (Å²) in [7, 11) is 1.74. The molecule has 0 aliphatic carbocycles. The van der Waals surface area contributed by atoms with Crippen LogP contribution in [0, 0.1) is 5.92 Å². The number of amides is 4. The SMILES string of the molecule is CC(C)NC(=O)N(C)C[C@@H]1OCCCC[C@H](C)Oc2ccc(NC(=O)c3ccccc3)cc2C(=O)N([C@H](C)CO)C[C@@H]1C. The smallest absolute Gasteiger partial charge is 0.317 e. The van der Waals surface area contributed by atoms with Crippen molar-refractivity contribution in [1.82, 2.24) is 15.1 Å². The summed E-state index contributed by atoms with van der Waals surface area (Å²) in [4.78, 5) is 43.0. The van der Waals surface area contributed by atoms with Crippen molar-refractivity contribution in [3.63, 3.8) is 0 Å². The largest absolute Gasteiger partial charge is 0.490 e. The number of ether oxygens (including phenoxy) is 2. The Balaban J connectivity index is 1.94. The van der Waals surface area contributed by atoms with E-state index in [0.29, 0.717) is 35.7 Å². The minimum Gasteiger partial charge on any atom is -0.490 e. The normalized spacial score (nSPS) is 20.8. The Morgan fingerprint density at radius 3 is 2.49 bits per heavy atom. The highest BCUT2D eigenvalue weighted by Gasteiger charge is 2.31. The van der Waals surface area contributed by atoms with Gasteiger partial charge in [0.25, 0.3) is 11.8 Å². The number of rotatable bonds is 7. The number of nitrogens with one attached hydrogen (secondary N) is 2. The number of hydrogen-bond acceptors (Lipinski definition) is 6. The number of fused-ring (bicyclic) bond motifs is 1. The molecule has 0 spiro atoms. The predicted octanol–water partition coefficient (Wildman–Crippen LogP) is 4.78. The first-order valence-electron chi connectivity index (χ1n) is 15.2. The Morgan fingerprint density at radius 2 is 1.81 bits per heavy atom. The van der Waals surface area contributed by atoms with Crippen LogP contribution < -0.4 is 15.4 Å². The van der Waals surface area contributed by atoms with Gasteiger partial charge in [0, 0.05) is 50.0 Å². The molecule has 0 radical (unpaired) electrons. The van der Waals surface area contributed by atoms with Gasteiger partial charge in [-0.25, -0.2) is 4.79 Å². The first-order valence-corrected chi connectivity index (χ1v) is 15.2. The van der Waals surface area contributed by atoms with Crippen LogP contribution in [0.2, 0.25) is 0 Å². The first kappa shape index (κ1) is 33.9. The molecule has 4 amide bonds. The van der Waals surface area contributed by atoms with Gasteiger partial charge in [0.05, 0.1) is 30.4 Å². The summed E-state index contributed by atoms with van der Waals surface area (Å²) in [5, 5.41) is 15.9. The van der Waals surface area contributed by atoms with Crippen molar-refractivity contribution in [3.8, 4) is 5.75 Å². The molecule has 4 atom stereocenters. The van der Waals surface area contributed by atoms with Crippen LogP contribution in [0.15, 0.2) is 48.5 Å². The highest BCUT2D eigenvalue weighted by atomic mass is 16.5. The fraction of sp³-hybridized carbons (Fsp3) is 0.545. The summed E-state index contributed by atoms with van der Waals surface area (Å²) in [5.41, 5.74) is 1.26. The number of hydrogen-bond donors (Lipinski definition) is 3. The van der Waals surface area contributed by atoms with Crippen LogP contribution in [0.25, 0.3) is 0 Å². The molecule has 2 aromatic carbocycles. The standard InChI is InChI=1S/C33H48N4O6/c1-22(2)34-33(41)36(6)20-30-23(3)19-37(24(4)21-38)32(40)28-18-27(35-31(39)26-13-8-7-9-14-26)15-16-29(28)43-25(5)12-10-11-17-42-30/h7-9,13-16,18,22-25,30,38H,10-12,17,19-21H2,1-6H3,(H,34,41)(H,35,39)/t23-,24+,25-,30-/m0/s1. The Kier molecular flexibility index (Phi) is 12.8. The second kappa shape index (κ2) is 16.3. The van der Waals surface area contributed by atoms with E-state index in [4.69, 9.17) is 9.47 Å². The van der Waals surface area contributed by atoms with E-state index in [1.807, 2.05) is 33.8 Å². The molecule has 1 aliphatic rings. The Labute approximate surface area is 255 Å². The van der Waals surface area contributed by atoms with E-state index in [-0.39, 0.29) is 55.2 Å². The van der Waals surface area contributed by atoms with Crippen LogP contribution in [-0.4, -0.2) is 90.4 Å². The third-order valence-corrected chi connectivity index (χ3v) is 7.56. The summed E-state index contributed by atoms with van der Waals surface area (Å²) in [6.07, 6.45) is 1.96. The number of benzene rings is 2. The maximum absolute atomic E-state index is 14.2. The van der Waals surface area contributed by atoms with Crippen LogP contribution in [0.4, 0.5) is 10.5 Å². The van der Waals surface area contributed by atoms with Crippen LogP contribution >= 0.6 is 0 Å². The second-order valence-corrected chi connectivity index (χ2v) is 11.8. The molecule has 1 aliphatic heterocycles. The van der Waals surface area contributed by atoms with E-state index in [9.17, 15) is 19.5 Å². The maximum Gasteiger partial charge on any atom is 0.317 e. The number of nitrogens with zero attached hydrogens (tertiary/aromatic N) is 2. The molecular weight excluding hydrogens is 548 g/mol. The van der Waals surface area contributed by atoms with E-state index in [2.05, 4.69) is 10.6 Å². The van der Waals surface area contributed by atoms with E-state index in [1.54, 1.807) is 66.2 Å². The predicted molar refractivity (Wildman–Crippen MR) is 168 cm³/mol. The van der Waals surface area contributed by atoms with Gasteiger partial charge < -0.3 is 35.0 Å². The van der Waals surface area contributed by atoms with E-state index < -0.39 is 6.04 Å². The quantitative estimate of drug-likeness (QED) is 0.423. The van der Waals surface area contributed by atoms with Gasteiger partial charge in [-0.05, 0) is 77.3 Å². The highest BCUT2D eigenvalue weighted by Crippen LogP contribution is 2.29. The average Bonchev–Trinajstić information content (AvgIpc) is 2.98. The number of anilines is 1. The van der Waals surface area contributed by atoms with Gasteiger partial charge >= 0.3 is 6.03 Å². The Bertz CT molecular complexity index is 1210. The van der Waals surface area contributed by atoms with Crippen molar-refractivity contribution >= 4 is 23.5 Å². The Hall–Kier alpha value is -3.63. The number of carbonyl (C=O) groups is 3. The van der Waals surface area contributed by atoms with Crippen molar-refractivity contribution in [2.75, 3.05) is 38.7 Å². The van der Waals surface area contributed by atoms with Crippen molar-refractivity contribution in [3.05, 3.63) is 59.7 Å². The van der Waals surface area contributed by atoms with Crippen LogP contribution in [0.3, 0.4) is 0 Å². The highest BCUT2D eigenvalue weighted by molar-refractivity contribution is 6.05. The molecule has 1 heterocycles. The van der Waals surface area contributed by atoms with E-state index >= 15 is 0 Å². The zero-order valence-corrected chi connectivity index (χ0v) is 26.3. The molecule has 0 fully saturated rings. The molecule has 0 unspecified atom stereocenters. The van der Waals surface area contributed by atoms with Crippen LogP contribution in [0.5, 0.6) is 5.75 Å². The molecule has 236 valence electrons. The topological polar surface area (TPSA) is 120 Å².